The van der Waals surface area contributed by atoms with Crippen LogP contribution in [0.4, 0.5) is 0 Å². The Morgan fingerprint density at radius 2 is 2.19 bits per heavy atom. The molecule has 0 amide bonds. The van der Waals surface area contributed by atoms with Crippen molar-refractivity contribution in [1.29, 1.82) is 0 Å². The van der Waals surface area contributed by atoms with Crippen molar-refractivity contribution in [2.45, 2.75) is 38.1 Å². The van der Waals surface area contributed by atoms with Crippen LogP contribution in [0.25, 0.3) is 0 Å². The first-order valence-electron chi connectivity index (χ1n) is 6.35. The standard InChI is InChI=1S/C13H20N2S/c14-15-13(4-3-12-2-1-5-16-12)11-7-9-6-10(9)8-11/h1-2,5,9-11,13,15H,3-4,6-8,14H2. The molecular weight excluding hydrogens is 216 g/mol. The van der Waals surface area contributed by atoms with E-state index in [0.29, 0.717) is 6.04 Å². The van der Waals surface area contributed by atoms with E-state index >= 15 is 0 Å². The first-order chi connectivity index (χ1) is 7.86. The van der Waals surface area contributed by atoms with Gasteiger partial charge in [-0.2, -0.15) is 0 Å². The Labute approximate surface area is 101 Å². The molecule has 0 radical (unpaired) electrons. The lowest BCUT2D eigenvalue weighted by molar-refractivity contribution is 0.322. The zero-order chi connectivity index (χ0) is 11.0. The Hall–Kier alpha value is -0.380. The number of hydrazine groups is 1. The molecule has 1 heterocycles. The summed E-state index contributed by atoms with van der Waals surface area (Å²) in [4.78, 5) is 1.49. The van der Waals surface area contributed by atoms with E-state index in [1.165, 1.54) is 37.0 Å². The number of aryl methyl sites for hydroxylation is 1. The molecule has 0 bridgehead atoms. The van der Waals surface area contributed by atoms with Gasteiger partial charge in [-0.05, 0) is 61.3 Å². The van der Waals surface area contributed by atoms with Crippen molar-refractivity contribution in [3.63, 3.8) is 0 Å². The van der Waals surface area contributed by atoms with Crippen molar-refractivity contribution in [3.8, 4) is 0 Å². The van der Waals surface area contributed by atoms with Gasteiger partial charge in [-0.1, -0.05) is 6.07 Å². The average Bonchev–Trinajstić information content (AvgIpc) is 2.74. The fourth-order valence-corrected chi connectivity index (χ4v) is 4.02. The second-order valence-corrected chi connectivity index (χ2v) is 6.41. The van der Waals surface area contributed by atoms with E-state index in [1.54, 1.807) is 0 Å². The average molecular weight is 236 g/mol. The van der Waals surface area contributed by atoms with Gasteiger partial charge in [0.15, 0.2) is 0 Å². The fourth-order valence-electron chi connectivity index (χ4n) is 3.30. The molecule has 3 unspecified atom stereocenters. The number of rotatable bonds is 5. The highest BCUT2D eigenvalue weighted by Gasteiger charge is 2.47. The van der Waals surface area contributed by atoms with Gasteiger partial charge in [-0.15, -0.1) is 11.3 Å². The maximum Gasteiger partial charge on any atom is 0.0242 e. The molecule has 88 valence electrons. The highest BCUT2D eigenvalue weighted by Crippen LogP contribution is 2.55. The molecule has 0 spiro atoms. The van der Waals surface area contributed by atoms with Crippen molar-refractivity contribution < 1.29 is 0 Å². The third-order valence-corrected chi connectivity index (χ3v) is 5.28. The highest BCUT2D eigenvalue weighted by atomic mass is 32.1. The minimum Gasteiger partial charge on any atom is -0.271 e. The summed E-state index contributed by atoms with van der Waals surface area (Å²) in [6.07, 6.45) is 6.71. The summed E-state index contributed by atoms with van der Waals surface area (Å²) in [5.74, 6) is 8.66. The van der Waals surface area contributed by atoms with Gasteiger partial charge >= 0.3 is 0 Å². The second kappa shape index (κ2) is 4.47. The predicted molar refractivity (Wildman–Crippen MR) is 68.1 cm³/mol. The summed E-state index contributed by atoms with van der Waals surface area (Å²) < 4.78 is 0. The number of thiophene rings is 1. The van der Waals surface area contributed by atoms with Crippen molar-refractivity contribution in [1.82, 2.24) is 5.43 Å². The van der Waals surface area contributed by atoms with Crippen LogP contribution in [-0.2, 0) is 6.42 Å². The Kier molecular flexibility index (Phi) is 3.01. The molecule has 3 heteroatoms. The van der Waals surface area contributed by atoms with Gasteiger partial charge < -0.3 is 0 Å². The van der Waals surface area contributed by atoms with Gasteiger partial charge in [-0.3, -0.25) is 11.3 Å². The zero-order valence-electron chi connectivity index (χ0n) is 9.56. The lowest BCUT2D eigenvalue weighted by Crippen LogP contribution is -2.40. The van der Waals surface area contributed by atoms with E-state index < -0.39 is 0 Å². The summed E-state index contributed by atoms with van der Waals surface area (Å²) in [7, 11) is 0. The molecule has 2 aliphatic rings. The summed E-state index contributed by atoms with van der Waals surface area (Å²) in [6.45, 7) is 0. The number of hydrogen-bond donors (Lipinski definition) is 2. The molecule has 1 aromatic rings. The minimum absolute atomic E-state index is 0.537. The Morgan fingerprint density at radius 3 is 2.81 bits per heavy atom. The van der Waals surface area contributed by atoms with Crippen LogP contribution in [0.2, 0.25) is 0 Å². The lowest BCUT2D eigenvalue weighted by Gasteiger charge is -2.23. The summed E-state index contributed by atoms with van der Waals surface area (Å²) in [5.41, 5.74) is 3.05. The van der Waals surface area contributed by atoms with Crippen LogP contribution < -0.4 is 11.3 Å². The molecule has 3 rings (SSSR count). The van der Waals surface area contributed by atoms with Crippen LogP contribution >= 0.6 is 11.3 Å². The van der Waals surface area contributed by atoms with Crippen LogP contribution in [0, 0.1) is 17.8 Å². The van der Waals surface area contributed by atoms with Crippen LogP contribution in [-0.4, -0.2) is 6.04 Å². The van der Waals surface area contributed by atoms with Gasteiger partial charge in [0, 0.05) is 10.9 Å². The van der Waals surface area contributed by atoms with Gasteiger partial charge in [-0.25, -0.2) is 0 Å². The molecule has 0 aliphatic heterocycles. The summed E-state index contributed by atoms with van der Waals surface area (Å²) in [6, 6.07) is 4.90. The Balaban J connectivity index is 1.51. The molecular formula is C13H20N2S. The van der Waals surface area contributed by atoms with E-state index in [0.717, 1.165) is 17.8 Å². The molecule has 1 aromatic heterocycles. The number of fused-ring (bicyclic) bond motifs is 1. The lowest BCUT2D eigenvalue weighted by atomic mass is 9.91. The van der Waals surface area contributed by atoms with Gasteiger partial charge in [0.2, 0.25) is 0 Å². The van der Waals surface area contributed by atoms with E-state index in [2.05, 4.69) is 22.9 Å². The van der Waals surface area contributed by atoms with Crippen molar-refractivity contribution in [3.05, 3.63) is 22.4 Å². The quantitative estimate of drug-likeness (QED) is 0.609. The molecule has 3 atom stereocenters. The normalized spacial score (nSPS) is 33.7. The molecule has 0 aromatic carbocycles. The van der Waals surface area contributed by atoms with E-state index in [1.807, 2.05) is 11.3 Å². The van der Waals surface area contributed by atoms with Crippen molar-refractivity contribution in [2.24, 2.45) is 23.6 Å². The largest absolute Gasteiger partial charge is 0.271 e. The van der Waals surface area contributed by atoms with Crippen LogP contribution in [0.1, 0.15) is 30.6 Å². The van der Waals surface area contributed by atoms with E-state index in [4.69, 9.17) is 5.84 Å². The van der Waals surface area contributed by atoms with Crippen LogP contribution in [0.15, 0.2) is 17.5 Å². The SMILES string of the molecule is NNC(CCc1cccs1)C1CC2CC2C1. The highest BCUT2D eigenvalue weighted by molar-refractivity contribution is 7.09. The summed E-state index contributed by atoms with van der Waals surface area (Å²) in [5, 5.41) is 2.16. The number of hydrogen-bond acceptors (Lipinski definition) is 3. The smallest absolute Gasteiger partial charge is 0.0242 e. The van der Waals surface area contributed by atoms with Gasteiger partial charge in [0.1, 0.15) is 0 Å². The third kappa shape index (κ3) is 2.17. The molecule has 0 saturated heterocycles. The van der Waals surface area contributed by atoms with E-state index in [9.17, 15) is 0 Å². The van der Waals surface area contributed by atoms with Crippen molar-refractivity contribution in [2.75, 3.05) is 0 Å². The molecule has 2 saturated carbocycles. The molecule has 16 heavy (non-hydrogen) atoms. The first kappa shape index (κ1) is 10.8. The molecule has 2 fully saturated rings. The number of nitrogens with two attached hydrogens (primary N) is 1. The van der Waals surface area contributed by atoms with Crippen LogP contribution in [0.5, 0.6) is 0 Å². The fraction of sp³-hybridized carbons (Fsp3) is 0.692. The first-order valence-corrected chi connectivity index (χ1v) is 7.23. The predicted octanol–water partition coefficient (Wildman–Crippen LogP) is 2.56. The third-order valence-electron chi connectivity index (χ3n) is 4.34. The molecule has 2 nitrogen and oxygen atoms in total. The van der Waals surface area contributed by atoms with Crippen LogP contribution in [0.3, 0.4) is 0 Å². The van der Waals surface area contributed by atoms with E-state index in [-0.39, 0.29) is 0 Å². The van der Waals surface area contributed by atoms with Gasteiger partial charge in [0.25, 0.3) is 0 Å². The minimum atomic E-state index is 0.537. The van der Waals surface area contributed by atoms with Crippen molar-refractivity contribution >= 4 is 11.3 Å². The number of nitrogens with one attached hydrogen (secondary N) is 1. The monoisotopic (exact) mass is 236 g/mol. The Bertz CT molecular complexity index is 326. The second-order valence-electron chi connectivity index (χ2n) is 5.38. The maximum absolute atomic E-state index is 5.71. The Morgan fingerprint density at radius 1 is 1.38 bits per heavy atom. The topological polar surface area (TPSA) is 38.0 Å². The summed E-state index contributed by atoms with van der Waals surface area (Å²) >= 11 is 1.86. The molecule has 2 aliphatic carbocycles. The zero-order valence-corrected chi connectivity index (χ0v) is 10.4. The van der Waals surface area contributed by atoms with Gasteiger partial charge in [0.05, 0.1) is 0 Å². The molecule has 3 N–H and O–H groups in total. The maximum atomic E-state index is 5.71.